The van der Waals surface area contributed by atoms with E-state index in [0.29, 0.717) is 16.3 Å². The minimum atomic E-state index is -0.181. The van der Waals surface area contributed by atoms with E-state index >= 15 is 0 Å². The van der Waals surface area contributed by atoms with Crippen LogP contribution >= 0.6 is 23.4 Å². The van der Waals surface area contributed by atoms with Gasteiger partial charge in [0.1, 0.15) is 5.75 Å². The van der Waals surface area contributed by atoms with Crippen LogP contribution in [0.5, 0.6) is 5.75 Å². The molecule has 2 nitrogen and oxygen atoms in total. The fraction of sp³-hybridized carbons (Fsp3) is 0.235. The second-order valence-electron chi connectivity index (χ2n) is 5.00. The molecule has 0 bridgehead atoms. The fourth-order valence-electron chi connectivity index (χ4n) is 2.11. The van der Waals surface area contributed by atoms with Gasteiger partial charge in [-0.3, -0.25) is 4.79 Å². The second-order valence-corrected chi connectivity index (χ2v) is 6.42. The first-order valence-corrected chi connectivity index (χ1v) is 8.16. The molecule has 0 aliphatic heterocycles. The van der Waals surface area contributed by atoms with Crippen LogP contribution in [0.4, 0.5) is 0 Å². The molecule has 0 atom stereocenters. The predicted octanol–water partition coefficient (Wildman–Crippen LogP) is 4.99. The van der Waals surface area contributed by atoms with E-state index < -0.39 is 0 Å². The van der Waals surface area contributed by atoms with Gasteiger partial charge >= 0.3 is 0 Å². The van der Waals surface area contributed by atoms with Crippen LogP contribution in [0.2, 0.25) is 5.02 Å². The van der Waals surface area contributed by atoms with Crippen molar-refractivity contribution in [2.24, 2.45) is 0 Å². The standard InChI is InChI=1S/C17H17ClO2S/c1-11-4-3-5-13(6-11)9-21-10-14-7-15(18)8-16(12(2)19)17(14)20/h3-8,20H,9-10H2,1-2H3. The van der Waals surface area contributed by atoms with Gasteiger partial charge in [0.05, 0.1) is 5.56 Å². The van der Waals surface area contributed by atoms with Crippen molar-refractivity contribution in [1.29, 1.82) is 0 Å². The van der Waals surface area contributed by atoms with Gasteiger partial charge in [-0.15, -0.1) is 0 Å². The highest BCUT2D eigenvalue weighted by Crippen LogP contribution is 2.31. The Morgan fingerprint density at radius 1 is 1.24 bits per heavy atom. The number of Topliss-reactive ketones (excluding diaryl/α,β-unsaturated/α-hetero) is 1. The number of phenols is 1. The first kappa shape index (κ1) is 15.9. The second kappa shape index (κ2) is 7.01. The Hall–Kier alpha value is -1.45. The minimum absolute atomic E-state index is 0.0450. The number of rotatable bonds is 5. The molecule has 2 aromatic carbocycles. The zero-order valence-electron chi connectivity index (χ0n) is 12.0. The Balaban J connectivity index is 2.08. The van der Waals surface area contributed by atoms with E-state index in [4.69, 9.17) is 11.6 Å². The molecule has 0 amide bonds. The lowest BCUT2D eigenvalue weighted by Crippen LogP contribution is -1.96. The van der Waals surface area contributed by atoms with Crippen molar-refractivity contribution in [3.8, 4) is 5.75 Å². The van der Waals surface area contributed by atoms with Crippen molar-refractivity contribution in [2.75, 3.05) is 0 Å². The minimum Gasteiger partial charge on any atom is -0.507 e. The summed E-state index contributed by atoms with van der Waals surface area (Å²) in [5, 5.41) is 10.6. The highest BCUT2D eigenvalue weighted by Gasteiger charge is 2.13. The molecule has 0 fully saturated rings. The summed E-state index contributed by atoms with van der Waals surface area (Å²) in [4.78, 5) is 11.5. The number of hydrogen-bond acceptors (Lipinski definition) is 3. The molecule has 2 aromatic rings. The van der Waals surface area contributed by atoms with E-state index in [1.807, 2.05) is 6.07 Å². The molecule has 21 heavy (non-hydrogen) atoms. The highest BCUT2D eigenvalue weighted by molar-refractivity contribution is 7.97. The number of carbonyl (C=O) groups is 1. The van der Waals surface area contributed by atoms with Gasteiger partial charge in [0.25, 0.3) is 0 Å². The number of carbonyl (C=O) groups excluding carboxylic acids is 1. The lowest BCUT2D eigenvalue weighted by molar-refractivity contribution is 0.101. The zero-order valence-corrected chi connectivity index (χ0v) is 13.6. The smallest absolute Gasteiger partial charge is 0.163 e. The Bertz CT molecular complexity index is 668. The number of phenolic OH excluding ortho intramolecular Hbond substituents is 1. The molecule has 0 aliphatic carbocycles. The Morgan fingerprint density at radius 2 is 2.00 bits per heavy atom. The molecule has 0 unspecified atom stereocenters. The number of thioether (sulfide) groups is 1. The van der Waals surface area contributed by atoms with E-state index in [1.165, 1.54) is 24.1 Å². The maximum atomic E-state index is 11.5. The highest BCUT2D eigenvalue weighted by atomic mass is 35.5. The van der Waals surface area contributed by atoms with Crippen molar-refractivity contribution < 1.29 is 9.90 Å². The van der Waals surface area contributed by atoms with Crippen LogP contribution in [-0.2, 0) is 11.5 Å². The van der Waals surface area contributed by atoms with E-state index in [9.17, 15) is 9.90 Å². The van der Waals surface area contributed by atoms with Crippen LogP contribution < -0.4 is 0 Å². The Morgan fingerprint density at radius 3 is 2.67 bits per heavy atom. The van der Waals surface area contributed by atoms with E-state index in [0.717, 1.165) is 5.75 Å². The maximum absolute atomic E-state index is 11.5. The lowest BCUT2D eigenvalue weighted by Gasteiger charge is -2.09. The molecule has 1 N–H and O–H groups in total. The summed E-state index contributed by atoms with van der Waals surface area (Å²) in [6, 6.07) is 11.6. The Kier molecular flexibility index (Phi) is 5.32. The van der Waals surface area contributed by atoms with Gasteiger partial charge in [0.15, 0.2) is 5.78 Å². The molecule has 0 spiro atoms. The van der Waals surface area contributed by atoms with Crippen LogP contribution in [-0.4, -0.2) is 10.9 Å². The monoisotopic (exact) mass is 320 g/mol. The lowest BCUT2D eigenvalue weighted by atomic mass is 10.1. The third-order valence-electron chi connectivity index (χ3n) is 3.14. The van der Waals surface area contributed by atoms with E-state index in [2.05, 4.69) is 25.1 Å². The molecule has 110 valence electrons. The van der Waals surface area contributed by atoms with Gasteiger partial charge in [-0.25, -0.2) is 0 Å². The van der Waals surface area contributed by atoms with Crippen LogP contribution in [0.1, 0.15) is 34.0 Å². The summed E-state index contributed by atoms with van der Waals surface area (Å²) < 4.78 is 0. The Labute approximate surface area is 134 Å². The summed E-state index contributed by atoms with van der Waals surface area (Å²) in [6.07, 6.45) is 0. The van der Waals surface area contributed by atoms with Gasteiger partial charge < -0.3 is 5.11 Å². The molecule has 0 aromatic heterocycles. The van der Waals surface area contributed by atoms with Crippen molar-refractivity contribution in [2.45, 2.75) is 25.4 Å². The third kappa shape index (κ3) is 4.26. The van der Waals surface area contributed by atoms with E-state index in [-0.39, 0.29) is 17.1 Å². The first-order chi connectivity index (χ1) is 9.97. The summed E-state index contributed by atoms with van der Waals surface area (Å²) >= 11 is 7.69. The fourth-order valence-corrected chi connectivity index (χ4v) is 3.31. The summed E-state index contributed by atoms with van der Waals surface area (Å²) in [6.45, 7) is 3.49. The van der Waals surface area contributed by atoms with Gasteiger partial charge in [0, 0.05) is 22.1 Å². The number of halogens is 1. The van der Waals surface area contributed by atoms with Crippen LogP contribution in [0.25, 0.3) is 0 Å². The van der Waals surface area contributed by atoms with Crippen molar-refractivity contribution in [3.63, 3.8) is 0 Å². The third-order valence-corrected chi connectivity index (χ3v) is 4.41. The average molecular weight is 321 g/mol. The SMILES string of the molecule is CC(=O)c1cc(Cl)cc(CSCc2cccc(C)c2)c1O. The molecule has 0 heterocycles. The summed E-state index contributed by atoms with van der Waals surface area (Å²) in [5.41, 5.74) is 3.46. The number of ketones is 1. The molecule has 0 saturated carbocycles. The van der Waals surface area contributed by atoms with E-state index in [1.54, 1.807) is 17.8 Å². The molecular weight excluding hydrogens is 304 g/mol. The van der Waals surface area contributed by atoms with Crippen molar-refractivity contribution in [3.05, 3.63) is 63.7 Å². The van der Waals surface area contributed by atoms with Gasteiger partial charge in [-0.1, -0.05) is 41.4 Å². The topological polar surface area (TPSA) is 37.3 Å². The molecule has 2 rings (SSSR count). The van der Waals surface area contributed by atoms with Crippen LogP contribution in [0.3, 0.4) is 0 Å². The molecule has 4 heteroatoms. The number of hydrogen-bond donors (Lipinski definition) is 1. The predicted molar refractivity (Wildman–Crippen MR) is 89.3 cm³/mol. The van der Waals surface area contributed by atoms with Gasteiger partial charge in [-0.2, -0.15) is 11.8 Å². The number of benzene rings is 2. The first-order valence-electron chi connectivity index (χ1n) is 6.63. The molecule has 0 radical (unpaired) electrons. The van der Waals surface area contributed by atoms with Crippen molar-refractivity contribution in [1.82, 2.24) is 0 Å². The van der Waals surface area contributed by atoms with Gasteiger partial charge in [0.2, 0.25) is 0 Å². The van der Waals surface area contributed by atoms with Gasteiger partial charge in [-0.05, 0) is 31.5 Å². The zero-order chi connectivity index (χ0) is 15.4. The molecule has 0 saturated heterocycles. The summed E-state index contributed by atoms with van der Waals surface area (Å²) in [5.74, 6) is 1.33. The van der Waals surface area contributed by atoms with Crippen molar-refractivity contribution >= 4 is 29.1 Å². The largest absolute Gasteiger partial charge is 0.507 e. The number of aromatic hydroxyl groups is 1. The van der Waals surface area contributed by atoms with Crippen LogP contribution in [0.15, 0.2) is 36.4 Å². The molecular formula is C17H17ClO2S. The quantitative estimate of drug-likeness (QED) is 0.788. The normalized spacial score (nSPS) is 10.6. The maximum Gasteiger partial charge on any atom is 0.163 e. The summed E-state index contributed by atoms with van der Waals surface area (Å²) in [7, 11) is 0. The molecule has 0 aliphatic rings. The average Bonchev–Trinajstić information content (AvgIpc) is 2.42. The number of aryl methyl sites for hydroxylation is 1. The van der Waals surface area contributed by atoms with Crippen LogP contribution in [0, 0.1) is 6.92 Å².